The molecule has 0 aromatic heterocycles. The maximum Gasteiger partial charge on any atom is 0.120 e. The van der Waals surface area contributed by atoms with Gasteiger partial charge in [0.2, 0.25) is 0 Å². The van der Waals surface area contributed by atoms with Crippen LogP contribution in [0.25, 0.3) is 0 Å². The number of nitriles is 1. The van der Waals surface area contributed by atoms with Crippen molar-refractivity contribution >= 4 is 0 Å². The summed E-state index contributed by atoms with van der Waals surface area (Å²) < 4.78 is 5.52. The first-order chi connectivity index (χ1) is 6.38. The zero-order chi connectivity index (χ0) is 9.10. The molecule has 0 amide bonds. The first-order valence-corrected chi connectivity index (χ1v) is 4.51. The molecule has 0 atom stereocenters. The summed E-state index contributed by atoms with van der Waals surface area (Å²) in [4.78, 5) is 0. The summed E-state index contributed by atoms with van der Waals surface area (Å²) in [7, 11) is 0. The van der Waals surface area contributed by atoms with Gasteiger partial charge in [0, 0.05) is 0 Å². The minimum Gasteiger partial charge on any atom is -0.493 e. The minimum atomic E-state index is 0.660. The van der Waals surface area contributed by atoms with Crippen molar-refractivity contribution in [3.63, 3.8) is 0 Å². The third-order valence-corrected chi connectivity index (χ3v) is 2.15. The van der Waals surface area contributed by atoms with Crippen LogP contribution in [0.15, 0.2) is 24.3 Å². The molecule has 0 saturated heterocycles. The van der Waals surface area contributed by atoms with E-state index in [2.05, 4.69) is 6.07 Å². The average molecular weight is 173 g/mol. The Morgan fingerprint density at radius 2 is 2.31 bits per heavy atom. The van der Waals surface area contributed by atoms with Gasteiger partial charge in [0.1, 0.15) is 5.75 Å². The molecule has 0 bridgehead atoms. The molecular formula is C11H11NO. The number of ether oxygens (including phenoxy) is 1. The van der Waals surface area contributed by atoms with Crippen LogP contribution in [-0.2, 0) is 0 Å². The maximum atomic E-state index is 8.65. The number of nitrogens with zero attached hydrogens (tertiary/aromatic N) is 1. The normalized spacial score (nSPS) is 15.0. The van der Waals surface area contributed by atoms with Gasteiger partial charge in [-0.05, 0) is 37.0 Å². The average Bonchev–Trinajstić information content (AvgIpc) is 2.99. The number of hydrogen-bond donors (Lipinski definition) is 0. The van der Waals surface area contributed by atoms with Gasteiger partial charge in [-0.25, -0.2) is 0 Å². The van der Waals surface area contributed by atoms with E-state index in [0.717, 1.165) is 18.3 Å². The highest BCUT2D eigenvalue weighted by Crippen LogP contribution is 2.29. The standard InChI is InChI=1S/C11H11NO/c12-7-10-2-1-3-11(6-10)13-8-9-4-5-9/h1-3,6,9H,4-5,8H2. The molecule has 0 aliphatic heterocycles. The van der Waals surface area contributed by atoms with Crippen molar-refractivity contribution < 1.29 is 4.74 Å². The third kappa shape index (κ3) is 2.22. The second-order valence-electron chi connectivity index (χ2n) is 3.39. The molecule has 0 heterocycles. The Kier molecular flexibility index (Phi) is 2.18. The first-order valence-electron chi connectivity index (χ1n) is 4.51. The summed E-state index contributed by atoms with van der Waals surface area (Å²) in [6.45, 7) is 0.800. The summed E-state index contributed by atoms with van der Waals surface area (Å²) in [6.07, 6.45) is 2.58. The summed E-state index contributed by atoms with van der Waals surface area (Å²) in [5.41, 5.74) is 0.660. The highest BCUT2D eigenvalue weighted by Gasteiger charge is 2.21. The zero-order valence-electron chi connectivity index (χ0n) is 7.36. The predicted octanol–water partition coefficient (Wildman–Crippen LogP) is 2.35. The van der Waals surface area contributed by atoms with Gasteiger partial charge in [0.25, 0.3) is 0 Å². The molecule has 2 nitrogen and oxygen atoms in total. The monoisotopic (exact) mass is 173 g/mol. The largest absolute Gasteiger partial charge is 0.493 e. The van der Waals surface area contributed by atoms with Gasteiger partial charge in [-0.1, -0.05) is 6.07 Å². The van der Waals surface area contributed by atoms with E-state index in [-0.39, 0.29) is 0 Å². The highest BCUT2D eigenvalue weighted by atomic mass is 16.5. The van der Waals surface area contributed by atoms with Gasteiger partial charge in [0.05, 0.1) is 18.2 Å². The van der Waals surface area contributed by atoms with Crippen LogP contribution in [0.1, 0.15) is 18.4 Å². The van der Waals surface area contributed by atoms with E-state index < -0.39 is 0 Å². The molecule has 13 heavy (non-hydrogen) atoms. The lowest BCUT2D eigenvalue weighted by Gasteiger charge is -2.04. The highest BCUT2D eigenvalue weighted by molar-refractivity contribution is 5.36. The summed E-state index contributed by atoms with van der Waals surface area (Å²) in [6, 6.07) is 9.39. The van der Waals surface area contributed by atoms with Crippen molar-refractivity contribution in [2.24, 2.45) is 5.92 Å². The van der Waals surface area contributed by atoms with Crippen molar-refractivity contribution in [2.75, 3.05) is 6.61 Å². The Bertz CT molecular complexity index is 336. The number of rotatable bonds is 3. The van der Waals surface area contributed by atoms with Crippen LogP contribution in [0.4, 0.5) is 0 Å². The lowest BCUT2D eigenvalue weighted by atomic mass is 10.2. The SMILES string of the molecule is N#Cc1cccc(OCC2CC2)c1. The summed E-state index contributed by atoms with van der Waals surface area (Å²) in [5.74, 6) is 1.57. The quantitative estimate of drug-likeness (QED) is 0.702. The van der Waals surface area contributed by atoms with Crippen molar-refractivity contribution in [1.82, 2.24) is 0 Å². The van der Waals surface area contributed by atoms with E-state index in [1.165, 1.54) is 12.8 Å². The van der Waals surface area contributed by atoms with Gasteiger partial charge in [0.15, 0.2) is 0 Å². The molecule has 1 fully saturated rings. The molecular weight excluding hydrogens is 162 g/mol. The van der Waals surface area contributed by atoms with Gasteiger partial charge < -0.3 is 4.74 Å². The molecule has 0 N–H and O–H groups in total. The van der Waals surface area contributed by atoms with Gasteiger partial charge in [-0.2, -0.15) is 5.26 Å². The fourth-order valence-electron chi connectivity index (χ4n) is 1.15. The van der Waals surface area contributed by atoms with E-state index in [1.54, 1.807) is 12.1 Å². The fourth-order valence-corrected chi connectivity index (χ4v) is 1.15. The Labute approximate surface area is 77.8 Å². The number of hydrogen-bond acceptors (Lipinski definition) is 2. The maximum absolute atomic E-state index is 8.65. The molecule has 0 spiro atoms. The van der Waals surface area contributed by atoms with Crippen molar-refractivity contribution in [3.05, 3.63) is 29.8 Å². The Morgan fingerprint density at radius 3 is 3.00 bits per heavy atom. The lowest BCUT2D eigenvalue weighted by Crippen LogP contribution is -1.98. The summed E-state index contributed by atoms with van der Waals surface area (Å²) >= 11 is 0. The van der Waals surface area contributed by atoms with Gasteiger partial charge in [-0.15, -0.1) is 0 Å². The predicted molar refractivity (Wildman–Crippen MR) is 49.4 cm³/mol. The van der Waals surface area contributed by atoms with Gasteiger partial charge >= 0.3 is 0 Å². The smallest absolute Gasteiger partial charge is 0.120 e. The molecule has 1 aromatic carbocycles. The number of benzene rings is 1. The van der Waals surface area contributed by atoms with Crippen molar-refractivity contribution in [3.8, 4) is 11.8 Å². The zero-order valence-corrected chi connectivity index (χ0v) is 7.36. The van der Waals surface area contributed by atoms with Crippen LogP contribution in [0.2, 0.25) is 0 Å². The van der Waals surface area contributed by atoms with Crippen LogP contribution in [-0.4, -0.2) is 6.61 Å². The van der Waals surface area contributed by atoms with Crippen molar-refractivity contribution in [2.45, 2.75) is 12.8 Å². The van der Waals surface area contributed by atoms with E-state index in [4.69, 9.17) is 10.00 Å². The Balaban J connectivity index is 1.98. The third-order valence-electron chi connectivity index (χ3n) is 2.15. The molecule has 1 aliphatic rings. The Morgan fingerprint density at radius 1 is 1.46 bits per heavy atom. The summed E-state index contributed by atoms with van der Waals surface area (Å²) in [5, 5.41) is 8.65. The first kappa shape index (κ1) is 8.12. The van der Waals surface area contributed by atoms with Crippen molar-refractivity contribution in [1.29, 1.82) is 5.26 Å². The second-order valence-corrected chi connectivity index (χ2v) is 3.39. The molecule has 2 heteroatoms. The second kappa shape index (κ2) is 3.49. The molecule has 0 unspecified atom stereocenters. The van der Waals surface area contributed by atoms with Crippen LogP contribution >= 0.6 is 0 Å². The molecule has 0 radical (unpaired) electrons. The van der Waals surface area contributed by atoms with E-state index in [1.807, 2.05) is 12.1 Å². The van der Waals surface area contributed by atoms with E-state index >= 15 is 0 Å². The van der Waals surface area contributed by atoms with Crippen LogP contribution < -0.4 is 4.74 Å². The van der Waals surface area contributed by atoms with Crippen LogP contribution in [0.3, 0.4) is 0 Å². The molecule has 1 saturated carbocycles. The van der Waals surface area contributed by atoms with E-state index in [0.29, 0.717) is 5.56 Å². The van der Waals surface area contributed by atoms with Crippen LogP contribution in [0, 0.1) is 17.2 Å². The molecule has 66 valence electrons. The topological polar surface area (TPSA) is 33.0 Å². The molecule has 2 rings (SSSR count). The lowest BCUT2D eigenvalue weighted by molar-refractivity contribution is 0.299. The fraction of sp³-hybridized carbons (Fsp3) is 0.364. The van der Waals surface area contributed by atoms with Gasteiger partial charge in [-0.3, -0.25) is 0 Å². The Hall–Kier alpha value is -1.49. The van der Waals surface area contributed by atoms with Crippen LogP contribution in [0.5, 0.6) is 5.75 Å². The minimum absolute atomic E-state index is 0.660. The van der Waals surface area contributed by atoms with E-state index in [9.17, 15) is 0 Å². The molecule has 1 aromatic rings. The molecule has 1 aliphatic carbocycles.